The monoisotopic (exact) mass is 369 g/mol. The summed E-state index contributed by atoms with van der Waals surface area (Å²) in [6.45, 7) is 0. The Balaban J connectivity index is 2.11. The van der Waals surface area contributed by atoms with Gasteiger partial charge in [0, 0.05) is 29.9 Å². The van der Waals surface area contributed by atoms with E-state index in [0.717, 1.165) is 20.2 Å². The van der Waals surface area contributed by atoms with E-state index in [9.17, 15) is 8.42 Å². The standard InChI is InChI=1S/C14H16BrN3O2S/c1-18(2)21(19,20)17-12-9-7-11(8-10-12)16-14-6-4-3-5-13(14)15/h3-10,16-17H,1-2H3. The topological polar surface area (TPSA) is 61.4 Å². The predicted octanol–water partition coefficient (Wildman–Crippen LogP) is 3.41. The molecular weight excluding hydrogens is 354 g/mol. The van der Waals surface area contributed by atoms with Gasteiger partial charge in [-0.15, -0.1) is 0 Å². The maximum Gasteiger partial charge on any atom is 0.301 e. The summed E-state index contributed by atoms with van der Waals surface area (Å²) >= 11 is 3.46. The van der Waals surface area contributed by atoms with E-state index in [-0.39, 0.29) is 0 Å². The number of rotatable bonds is 5. The van der Waals surface area contributed by atoms with E-state index < -0.39 is 10.2 Å². The Labute approximate surface area is 133 Å². The van der Waals surface area contributed by atoms with Gasteiger partial charge in [-0.3, -0.25) is 4.72 Å². The molecule has 2 rings (SSSR count). The van der Waals surface area contributed by atoms with Gasteiger partial charge in [0.05, 0.1) is 5.69 Å². The van der Waals surface area contributed by atoms with Gasteiger partial charge >= 0.3 is 10.2 Å². The minimum atomic E-state index is -3.47. The van der Waals surface area contributed by atoms with Crippen LogP contribution < -0.4 is 10.0 Å². The Morgan fingerprint density at radius 3 is 2.10 bits per heavy atom. The fraction of sp³-hybridized carbons (Fsp3) is 0.143. The summed E-state index contributed by atoms with van der Waals surface area (Å²) in [5.74, 6) is 0. The largest absolute Gasteiger partial charge is 0.355 e. The normalized spacial score (nSPS) is 11.4. The molecule has 0 saturated carbocycles. The Hall–Kier alpha value is -1.57. The van der Waals surface area contributed by atoms with Crippen molar-refractivity contribution in [3.05, 3.63) is 53.0 Å². The predicted molar refractivity (Wildman–Crippen MR) is 90.1 cm³/mol. The molecule has 0 aliphatic rings. The van der Waals surface area contributed by atoms with E-state index in [0.29, 0.717) is 5.69 Å². The molecule has 0 unspecified atom stereocenters. The van der Waals surface area contributed by atoms with E-state index in [2.05, 4.69) is 26.0 Å². The molecule has 0 radical (unpaired) electrons. The SMILES string of the molecule is CN(C)S(=O)(=O)Nc1ccc(Nc2ccccc2Br)cc1. The number of halogens is 1. The molecule has 2 aromatic rings. The summed E-state index contributed by atoms with van der Waals surface area (Å²) < 4.78 is 28.0. The third-order valence-electron chi connectivity index (χ3n) is 2.77. The molecule has 0 atom stereocenters. The van der Waals surface area contributed by atoms with E-state index in [1.807, 2.05) is 36.4 Å². The van der Waals surface area contributed by atoms with E-state index in [4.69, 9.17) is 0 Å². The third kappa shape index (κ3) is 4.20. The van der Waals surface area contributed by atoms with Crippen molar-refractivity contribution in [3.8, 4) is 0 Å². The smallest absolute Gasteiger partial charge is 0.301 e. The molecule has 0 fully saturated rings. The second kappa shape index (κ2) is 6.46. The van der Waals surface area contributed by atoms with Crippen LogP contribution in [0.5, 0.6) is 0 Å². The first-order chi connectivity index (χ1) is 9.88. The van der Waals surface area contributed by atoms with Crippen LogP contribution in [0.25, 0.3) is 0 Å². The molecule has 0 spiro atoms. The van der Waals surface area contributed by atoms with Crippen LogP contribution in [0, 0.1) is 0 Å². The maximum atomic E-state index is 11.7. The molecule has 0 bridgehead atoms. The highest BCUT2D eigenvalue weighted by Gasteiger charge is 2.12. The Morgan fingerprint density at radius 1 is 0.952 bits per heavy atom. The fourth-order valence-corrected chi connectivity index (χ4v) is 2.58. The van der Waals surface area contributed by atoms with Gasteiger partial charge in [0.25, 0.3) is 0 Å². The number of para-hydroxylation sites is 1. The molecule has 2 aromatic carbocycles. The van der Waals surface area contributed by atoms with Gasteiger partial charge in [-0.1, -0.05) is 12.1 Å². The van der Waals surface area contributed by atoms with E-state index >= 15 is 0 Å². The van der Waals surface area contributed by atoms with Crippen LogP contribution >= 0.6 is 15.9 Å². The van der Waals surface area contributed by atoms with Crippen molar-refractivity contribution in [2.45, 2.75) is 0 Å². The lowest BCUT2D eigenvalue weighted by atomic mass is 10.2. The van der Waals surface area contributed by atoms with Gasteiger partial charge in [0.15, 0.2) is 0 Å². The quantitative estimate of drug-likeness (QED) is 0.848. The molecule has 2 N–H and O–H groups in total. The van der Waals surface area contributed by atoms with Crippen LogP contribution in [0.3, 0.4) is 0 Å². The van der Waals surface area contributed by atoms with Crippen LogP contribution in [0.1, 0.15) is 0 Å². The lowest BCUT2D eigenvalue weighted by Crippen LogP contribution is -2.28. The third-order valence-corrected chi connectivity index (χ3v) is 4.91. The number of anilines is 3. The lowest BCUT2D eigenvalue weighted by Gasteiger charge is -2.14. The van der Waals surface area contributed by atoms with E-state index in [1.165, 1.54) is 14.1 Å². The van der Waals surface area contributed by atoms with Crippen molar-refractivity contribution in [2.75, 3.05) is 24.1 Å². The van der Waals surface area contributed by atoms with Crippen LogP contribution in [0.2, 0.25) is 0 Å². The Bertz CT molecular complexity index is 715. The average Bonchev–Trinajstić information content (AvgIpc) is 2.43. The van der Waals surface area contributed by atoms with Crippen LogP contribution in [-0.2, 0) is 10.2 Å². The maximum absolute atomic E-state index is 11.7. The molecule has 0 amide bonds. The highest BCUT2D eigenvalue weighted by Crippen LogP contribution is 2.26. The van der Waals surface area contributed by atoms with E-state index in [1.54, 1.807) is 12.1 Å². The second-order valence-corrected chi connectivity index (χ2v) is 7.31. The minimum Gasteiger partial charge on any atom is -0.355 e. The first-order valence-corrected chi connectivity index (χ1v) is 8.44. The van der Waals surface area contributed by atoms with Gasteiger partial charge < -0.3 is 5.32 Å². The van der Waals surface area contributed by atoms with Gasteiger partial charge in [-0.2, -0.15) is 12.7 Å². The molecule has 0 heterocycles. The highest BCUT2D eigenvalue weighted by atomic mass is 79.9. The van der Waals surface area contributed by atoms with Gasteiger partial charge in [-0.25, -0.2) is 0 Å². The number of benzene rings is 2. The summed E-state index contributed by atoms with van der Waals surface area (Å²) in [7, 11) is -0.520. The fourth-order valence-electron chi connectivity index (χ4n) is 1.58. The van der Waals surface area contributed by atoms with Crippen molar-refractivity contribution in [1.82, 2.24) is 4.31 Å². The van der Waals surface area contributed by atoms with Gasteiger partial charge in [-0.05, 0) is 52.3 Å². The zero-order valence-electron chi connectivity index (χ0n) is 11.7. The van der Waals surface area contributed by atoms with Gasteiger partial charge in [0.2, 0.25) is 0 Å². The first kappa shape index (κ1) is 15.8. The molecule has 5 nitrogen and oxygen atoms in total. The summed E-state index contributed by atoms with van der Waals surface area (Å²) in [6, 6.07) is 14.8. The number of nitrogens with one attached hydrogen (secondary N) is 2. The first-order valence-electron chi connectivity index (χ1n) is 6.20. The number of nitrogens with zero attached hydrogens (tertiary/aromatic N) is 1. The lowest BCUT2D eigenvalue weighted by molar-refractivity contribution is 0.527. The van der Waals surface area contributed by atoms with Crippen LogP contribution in [0.15, 0.2) is 53.0 Å². The van der Waals surface area contributed by atoms with Crippen molar-refractivity contribution < 1.29 is 8.42 Å². The molecule has 0 saturated heterocycles. The summed E-state index contributed by atoms with van der Waals surface area (Å²) in [5.41, 5.74) is 2.33. The summed E-state index contributed by atoms with van der Waals surface area (Å²) in [4.78, 5) is 0. The Morgan fingerprint density at radius 2 is 1.52 bits per heavy atom. The number of hydrogen-bond acceptors (Lipinski definition) is 3. The average molecular weight is 370 g/mol. The number of hydrogen-bond donors (Lipinski definition) is 2. The van der Waals surface area contributed by atoms with Gasteiger partial charge in [0.1, 0.15) is 0 Å². The van der Waals surface area contributed by atoms with Crippen LogP contribution in [0.4, 0.5) is 17.1 Å². The summed E-state index contributed by atoms with van der Waals surface area (Å²) in [5, 5.41) is 3.25. The molecular formula is C14H16BrN3O2S. The zero-order valence-corrected chi connectivity index (χ0v) is 14.1. The highest BCUT2D eigenvalue weighted by molar-refractivity contribution is 9.10. The molecule has 0 aromatic heterocycles. The molecule has 112 valence electrons. The van der Waals surface area contributed by atoms with Crippen molar-refractivity contribution in [1.29, 1.82) is 0 Å². The molecule has 7 heteroatoms. The van der Waals surface area contributed by atoms with Crippen molar-refractivity contribution in [2.24, 2.45) is 0 Å². The van der Waals surface area contributed by atoms with Crippen LogP contribution in [-0.4, -0.2) is 26.8 Å². The molecule has 0 aliphatic carbocycles. The summed E-state index contributed by atoms with van der Waals surface area (Å²) in [6.07, 6.45) is 0. The Kier molecular flexibility index (Phi) is 4.87. The second-order valence-electron chi connectivity index (χ2n) is 4.57. The molecule has 0 aliphatic heterocycles. The minimum absolute atomic E-state index is 0.515. The molecule has 21 heavy (non-hydrogen) atoms. The van der Waals surface area contributed by atoms with Crippen molar-refractivity contribution >= 4 is 43.2 Å². The van der Waals surface area contributed by atoms with Crippen molar-refractivity contribution in [3.63, 3.8) is 0 Å². The zero-order chi connectivity index (χ0) is 15.5.